The largest absolute Gasteiger partial charge is 0.433 e. The fourth-order valence-electron chi connectivity index (χ4n) is 4.31. The summed E-state index contributed by atoms with van der Waals surface area (Å²) in [5.41, 5.74) is -1.10. The Morgan fingerprint density at radius 1 is 1.15 bits per heavy atom. The predicted octanol–water partition coefficient (Wildman–Crippen LogP) is 4.93. The highest BCUT2D eigenvalue weighted by molar-refractivity contribution is 6.04. The first-order chi connectivity index (χ1) is 16.0. The molecule has 1 amide bonds. The van der Waals surface area contributed by atoms with E-state index >= 15 is 0 Å². The van der Waals surface area contributed by atoms with Crippen LogP contribution in [0.25, 0.3) is 11.0 Å². The third-order valence-electron chi connectivity index (χ3n) is 6.17. The van der Waals surface area contributed by atoms with Crippen molar-refractivity contribution < 1.29 is 27.9 Å². The number of pyridine rings is 1. The number of anilines is 1. The summed E-state index contributed by atoms with van der Waals surface area (Å²) in [4.78, 5) is 35.1. The summed E-state index contributed by atoms with van der Waals surface area (Å²) >= 11 is 0. The molecular weight excluding hydrogens is 449 g/mol. The molecule has 1 fully saturated rings. The molecule has 180 valence electrons. The van der Waals surface area contributed by atoms with Crippen LogP contribution < -0.4 is 5.32 Å². The SMILES string of the molecule is CC(C)(O)c1cc2nc([C@H]3CC[C@H](C=O)CC3)[nH]c2cc1NC(=O)c1cccc(C(F)(F)F)n1. The van der Waals surface area contributed by atoms with Gasteiger partial charge in [0.05, 0.1) is 16.6 Å². The maximum Gasteiger partial charge on any atom is 0.433 e. The Morgan fingerprint density at radius 2 is 1.85 bits per heavy atom. The van der Waals surface area contributed by atoms with E-state index in [0.29, 0.717) is 16.6 Å². The lowest BCUT2D eigenvalue weighted by Gasteiger charge is -2.23. The third-order valence-corrected chi connectivity index (χ3v) is 6.17. The molecule has 0 radical (unpaired) electrons. The molecule has 7 nitrogen and oxygen atoms in total. The number of nitrogens with zero attached hydrogens (tertiary/aromatic N) is 2. The number of H-pyrrole nitrogens is 1. The number of aliphatic hydroxyl groups is 1. The average molecular weight is 474 g/mol. The van der Waals surface area contributed by atoms with E-state index in [0.717, 1.165) is 49.9 Å². The van der Waals surface area contributed by atoms with Gasteiger partial charge in [-0.1, -0.05) is 6.07 Å². The number of halogens is 3. The Morgan fingerprint density at radius 3 is 2.47 bits per heavy atom. The summed E-state index contributed by atoms with van der Waals surface area (Å²) in [6.07, 6.45) is -0.432. The summed E-state index contributed by atoms with van der Waals surface area (Å²) in [7, 11) is 0. The smallest absolute Gasteiger partial charge is 0.386 e. The molecule has 0 saturated heterocycles. The van der Waals surface area contributed by atoms with Crippen LogP contribution in [-0.2, 0) is 16.6 Å². The molecule has 4 rings (SSSR count). The normalized spacial score (nSPS) is 19.2. The number of hydrogen-bond donors (Lipinski definition) is 3. The van der Waals surface area contributed by atoms with Gasteiger partial charge in [0, 0.05) is 23.1 Å². The number of hydrogen-bond acceptors (Lipinski definition) is 5. The number of benzene rings is 1. The summed E-state index contributed by atoms with van der Waals surface area (Å²) < 4.78 is 39.0. The summed E-state index contributed by atoms with van der Waals surface area (Å²) in [6, 6.07) is 6.37. The van der Waals surface area contributed by atoms with E-state index in [4.69, 9.17) is 0 Å². The van der Waals surface area contributed by atoms with E-state index in [-0.39, 0.29) is 17.5 Å². The number of carbonyl (C=O) groups is 2. The van der Waals surface area contributed by atoms with Gasteiger partial charge in [0.2, 0.25) is 0 Å². The second kappa shape index (κ2) is 8.83. The van der Waals surface area contributed by atoms with Crippen LogP contribution in [0.4, 0.5) is 18.9 Å². The zero-order valence-electron chi connectivity index (χ0n) is 18.7. The van der Waals surface area contributed by atoms with Crippen molar-refractivity contribution in [2.45, 2.75) is 57.2 Å². The van der Waals surface area contributed by atoms with Crippen LogP contribution in [0.2, 0.25) is 0 Å². The number of aromatic nitrogens is 3. The van der Waals surface area contributed by atoms with Crippen molar-refractivity contribution >= 4 is 28.9 Å². The molecule has 0 atom stereocenters. The number of carbonyl (C=O) groups excluding carboxylic acids is 2. The number of amides is 1. The second-order valence-corrected chi connectivity index (χ2v) is 9.20. The Hall–Kier alpha value is -3.27. The quantitative estimate of drug-likeness (QED) is 0.455. The standard InChI is InChI=1S/C24H25F3N4O3/c1-23(2,34)15-10-18-19(30-21(29-18)14-8-6-13(12-32)7-9-14)11-17(15)31-22(33)16-4-3-5-20(28-16)24(25,26)27/h3-5,10-14,34H,6-9H2,1-2H3,(H,29,30)(H,31,33)/t13-,14-. The fourth-order valence-corrected chi connectivity index (χ4v) is 4.31. The highest BCUT2D eigenvalue weighted by atomic mass is 19.4. The van der Waals surface area contributed by atoms with Gasteiger partial charge in [-0.25, -0.2) is 9.97 Å². The monoisotopic (exact) mass is 474 g/mol. The number of fused-ring (bicyclic) bond motifs is 1. The molecule has 10 heteroatoms. The maximum absolute atomic E-state index is 13.0. The molecule has 0 spiro atoms. The molecule has 1 saturated carbocycles. The van der Waals surface area contributed by atoms with Crippen LogP contribution in [0.5, 0.6) is 0 Å². The molecule has 0 bridgehead atoms. The molecule has 3 aromatic rings. The first kappa shape index (κ1) is 23.9. The molecule has 2 aromatic heterocycles. The average Bonchev–Trinajstić information content (AvgIpc) is 3.20. The van der Waals surface area contributed by atoms with Gasteiger partial charge >= 0.3 is 6.18 Å². The van der Waals surface area contributed by atoms with Gasteiger partial charge in [-0.3, -0.25) is 4.79 Å². The van der Waals surface area contributed by atoms with Crippen molar-refractivity contribution in [2.75, 3.05) is 5.32 Å². The van der Waals surface area contributed by atoms with Crippen LogP contribution in [0.1, 0.15) is 73.0 Å². The van der Waals surface area contributed by atoms with Gasteiger partial charge in [0.25, 0.3) is 5.91 Å². The number of nitrogens with one attached hydrogen (secondary N) is 2. The summed E-state index contributed by atoms with van der Waals surface area (Å²) in [5, 5.41) is 13.3. The molecule has 1 aliphatic carbocycles. The zero-order valence-corrected chi connectivity index (χ0v) is 18.7. The number of aromatic amines is 1. The molecule has 34 heavy (non-hydrogen) atoms. The minimum Gasteiger partial charge on any atom is -0.386 e. The highest BCUT2D eigenvalue weighted by Crippen LogP contribution is 2.37. The Balaban J connectivity index is 1.66. The highest BCUT2D eigenvalue weighted by Gasteiger charge is 2.33. The van der Waals surface area contributed by atoms with E-state index in [1.165, 1.54) is 6.07 Å². The van der Waals surface area contributed by atoms with Gasteiger partial charge in [-0.15, -0.1) is 0 Å². The Bertz CT molecular complexity index is 1220. The van der Waals surface area contributed by atoms with Crippen molar-refractivity contribution in [3.63, 3.8) is 0 Å². The molecule has 3 N–H and O–H groups in total. The molecule has 1 aliphatic rings. The van der Waals surface area contributed by atoms with Crippen LogP contribution in [0.3, 0.4) is 0 Å². The van der Waals surface area contributed by atoms with E-state index in [9.17, 15) is 27.9 Å². The van der Waals surface area contributed by atoms with Gasteiger partial charge in [-0.2, -0.15) is 13.2 Å². The lowest BCUT2D eigenvalue weighted by molar-refractivity contribution is -0.141. The maximum atomic E-state index is 13.0. The van der Waals surface area contributed by atoms with Crippen LogP contribution in [0, 0.1) is 5.92 Å². The first-order valence-electron chi connectivity index (χ1n) is 11.0. The van der Waals surface area contributed by atoms with Crippen molar-refractivity contribution in [2.24, 2.45) is 5.92 Å². The number of rotatable bonds is 5. The zero-order chi connectivity index (χ0) is 24.7. The molecule has 0 aliphatic heterocycles. The molecule has 1 aromatic carbocycles. The van der Waals surface area contributed by atoms with Gasteiger partial charge in [0.15, 0.2) is 0 Å². The Kier molecular flexibility index (Phi) is 6.20. The van der Waals surface area contributed by atoms with E-state index in [1.807, 2.05) is 0 Å². The predicted molar refractivity (Wildman–Crippen MR) is 119 cm³/mol. The van der Waals surface area contributed by atoms with E-state index < -0.39 is 29.1 Å². The number of imidazole rings is 1. The third kappa shape index (κ3) is 4.96. The number of alkyl halides is 3. The van der Waals surface area contributed by atoms with Crippen LogP contribution in [-0.4, -0.2) is 32.3 Å². The summed E-state index contributed by atoms with van der Waals surface area (Å²) in [5.74, 6) is 0.183. The minimum atomic E-state index is -4.68. The minimum absolute atomic E-state index is 0.0775. The van der Waals surface area contributed by atoms with Crippen LogP contribution >= 0.6 is 0 Å². The van der Waals surface area contributed by atoms with Gasteiger partial charge in [0.1, 0.15) is 23.5 Å². The second-order valence-electron chi connectivity index (χ2n) is 9.20. The van der Waals surface area contributed by atoms with Crippen molar-refractivity contribution in [3.05, 3.63) is 53.1 Å². The Labute approximate surface area is 193 Å². The van der Waals surface area contributed by atoms with Crippen molar-refractivity contribution in [3.8, 4) is 0 Å². The first-order valence-corrected chi connectivity index (χ1v) is 11.0. The van der Waals surface area contributed by atoms with Gasteiger partial charge < -0.3 is 20.2 Å². The van der Waals surface area contributed by atoms with Crippen LogP contribution in [0.15, 0.2) is 30.3 Å². The molecule has 2 heterocycles. The van der Waals surface area contributed by atoms with Crippen molar-refractivity contribution in [1.82, 2.24) is 15.0 Å². The topological polar surface area (TPSA) is 108 Å². The van der Waals surface area contributed by atoms with E-state index in [1.54, 1.807) is 26.0 Å². The lowest BCUT2D eigenvalue weighted by atomic mass is 9.82. The summed E-state index contributed by atoms with van der Waals surface area (Å²) in [6.45, 7) is 3.08. The van der Waals surface area contributed by atoms with E-state index in [2.05, 4.69) is 20.3 Å². The number of aldehydes is 1. The van der Waals surface area contributed by atoms with Gasteiger partial charge in [-0.05, 0) is 63.8 Å². The van der Waals surface area contributed by atoms with Crippen molar-refractivity contribution in [1.29, 1.82) is 0 Å². The molecular formula is C24H25F3N4O3. The fraction of sp³-hybridized carbons (Fsp3) is 0.417. The lowest BCUT2D eigenvalue weighted by Crippen LogP contribution is -2.22. The molecule has 0 unspecified atom stereocenters.